The number of benzene rings is 1. The molecule has 5 aliphatic rings. The SMILES string of the molecule is CC[C@@H](C(=O)[C@@H](C)[C@@H](O)[C@H](C)[C@@H]1O[C@@H]([C@@H](CC)C(=O)ONC(=O)Cc2ccccc2)CC[C@@H]1C)[C@H]1O[C@]2(C=C[C@@H](O)[C@]3(CC[C@@](C)([C@H]4CC[C@](O)(CC)[C@H](C)O4)O3)O2)[C@H](C)C[C@@H]1C. The van der Waals surface area contributed by atoms with E-state index in [-0.39, 0.29) is 42.2 Å². The molecule has 5 aliphatic heterocycles. The van der Waals surface area contributed by atoms with E-state index in [1.165, 1.54) is 0 Å². The Kier molecular flexibility index (Phi) is 15.8. The van der Waals surface area contributed by atoms with Crippen molar-refractivity contribution in [3.8, 4) is 0 Å². The normalized spacial score (nSPS) is 40.5. The van der Waals surface area contributed by atoms with E-state index < -0.39 is 88.8 Å². The number of ether oxygens (including phenoxy) is 5. The maximum absolute atomic E-state index is 14.7. The van der Waals surface area contributed by atoms with E-state index >= 15 is 0 Å². The van der Waals surface area contributed by atoms with Crippen LogP contribution in [0.25, 0.3) is 0 Å². The Labute approximate surface area is 375 Å². The molecule has 4 N–H and O–H groups in total. The number of carbonyl (C=O) groups is 3. The number of hydrogen-bond acceptors (Lipinski definition) is 12. The molecule has 4 saturated heterocycles. The largest absolute Gasteiger partial charge is 0.392 e. The minimum atomic E-state index is -1.39. The van der Waals surface area contributed by atoms with E-state index in [1.54, 1.807) is 19.1 Å². The zero-order valence-electron chi connectivity index (χ0n) is 39.4. The van der Waals surface area contributed by atoms with Gasteiger partial charge in [0.2, 0.25) is 5.79 Å². The summed E-state index contributed by atoms with van der Waals surface area (Å²) in [7, 11) is 0. The summed E-state index contributed by atoms with van der Waals surface area (Å²) in [4.78, 5) is 45.8. The van der Waals surface area contributed by atoms with Crippen molar-refractivity contribution in [2.24, 2.45) is 41.4 Å². The van der Waals surface area contributed by atoms with Gasteiger partial charge in [-0.15, -0.1) is 0 Å². The van der Waals surface area contributed by atoms with Gasteiger partial charge in [0.15, 0.2) is 5.79 Å². The van der Waals surface area contributed by atoms with E-state index in [2.05, 4.69) is 26.3 Å². The number of nitrogens with one attached hydrogen (secondary N) is 1. The van der Waals surface area contributed by atoms with Gasteiger partial charge in [-0.25, -0.2) is 4.79 Å². The molecule has 0 aliphatic carbocycles. The predicted molar refractivity (Wildman–Crippen MR) is 235 cm³/mol. The molecule has 0 saturated carbocycles. The summed E-state index contributed by atoms with van der Waals surface area (Å²) in [6, 6.07) is 9.20. The van der Waals surface area contributed by atoms with Crippen molar-refractivity contribution in [1.29, 1.82) is 0 Å². The minimum absolute atomic E-state index is 0.0124. The zero-order chi connectivity index (χ0) is 46.1. The first-order valence-corrected chi connectivity index (χ1v) is 24.0. The van der Waals surface area contributed by atoms with Crippen molar-refractivity contribution in [2.75, 3.05) is 0 Å². The highest BCUT2D eigenvalue weighted by atomic mass is 16.8. The van der Waals surface area contributed by atoms with Crippen molar-refractivity contribution in [3.05, 3.63) is 48.0 Å². The molecular weight excluding hydrogens is 807 g/mol. The Balaban J connectivity index is 1.10. The molecule has 4 fully saturated rings. The summed E-state index contributed by atoms with van der Waals surface area (Å²) in [6.45, 7) is 19.6. The number of Topliss-reactive ketones (excluding diaryl/α,β-unsaturated/α-hetero) is 1. The molecule has 0 aromatic heterocycles. The molecule has 354 valence electrons. The molecule has 1 amide bonds. The second-order valence-corrected chi connectivity index (χ2v) is 20.2. The van der Waals surface area contributed by atoms with Crippen LogP contribution in [0.1, 0.15) is 139 Å². The van der Waals surface area contributed by atoms with Crippen LogP contribution in [0.3, 0.4) is 0 Å². The second-order valence-electron chi connectivity index (χ2n) is 20.2. The maximum Gasteiger partial charge on any atom is 0.337 e. The summed E-state index contributed by atoms with van der Waals surface area (Å²) in [5.74, 6) is -6.23. The highest BCUT2D eigenvalue weighted by Gasteiger charge is 2.63. The smallest absolute Gasteiger partial charge is 0.337 e. The molecule has 5 heterocycles. The van der Waals surface area contributed by atoms with Crippen molar-refractivity contribution in [3.63, 3.8) is 0 Å². The van der Waals surface area contributed by atoms with E-state index in [1.807, 2.05) is 71.9 Å². The third-order valence-electron chi connectivity index (χ3n) is 15.9. The lowest BCUT2D eigenvalue weighted by Crippen LogP contribution is -2.63. The van der Waals surface area contributed by atoms with Gasteiger partial charge in [0.05, 0.1) is 60.2 Å². The van der Waals surface area contributed by atoms with Gasteiger partial charge in [-0.1, -0.05) is 85.7 Å². The lowest BCUT2D eigenvalue weighted by atomic mass is 9.72. The van der Waals surface area contributed by atoms with Gasteiger partial charge >= 0.3 is 5.97 Å². The van der Waals surface area contributed by atoms with Gasteiger partial charge in [-0.2, -0.15) is 5.48 Å². The fourth-order valence-corrected chi connectivity index (χ4v) is 11.5. The molecule has 13 heteroatoms. The molecule has 1 aromatic carbocycles. The lowest BCUT2D eigenvalue weighted by Gasteiger charge is -2.54. The minimum Gasteiger partial charge on any atom is -0.392 e. The number of ketones is 1. The average molecular weight is 884 g/mol. The van der Waals surface area contributed by atoms with Crippen molar-refractivity contribution < 1.29 is 58.2 Å². The molecular formula is C50H77NO12. The highest BCUT2D eigenvalue weighted by Crippen LogP contribution is 2.54. The third-order valence-corrected chi connectivity index (χ3v) is 15.9. The van der Waals surface area contributed by atoms with Gasteiger partial charge in [0.1, 0.15) is 11.9 Å². The number of hydroxylamine groups is 1. The van der Waals surface area contributed by atoms with Crippen molar-refractivity contribution >= 4 is 17.7 Å². The number of aliphatic hydroxyl groups excluding tert-OH is 2. The van der Waals surface area contributed by atoms with Crippen molar-refractivity contribution in [1.82, 2.24) is 5.48 Å². The molecule has 0 bridgehead atoms. The number of carbonyl (C=O) groups excluding carboxylic acids is 3. The van der Waals surface area contributed by atoms with Crippen LogP contribution < -0.4 is 5.48 Å². The fraction of sp³-hybridized carbons (Fsp3) is 0.780. The van der Waals surface area contributed by atoms with Crippen molar-refractivity contribution in [2.45, 2.75) is 205 Å². The van der Waals surface area contributed by atoms with Crippen LogP contribution in [-0.2, 0) is 49.3 Å². The van der Waals surface area contributed by atoms with Crippen LogP contribution >= 0.6 is 0 Å². The highest BCUT2D eigenvalue weighted by molar-refractivity contribution is 5.84. The maximum atomic E-state index is 14.7. The van der Waals surface area contributed by atoms with Gasteiger partial charge in [-0.3, -0.25) is 9.59 Å². The second kappa shape index (κ2) is 20.0. The molecule has 1 aromatic rings. The van der Waals surface area contributed by atoms with Gasteiger partial charge < -0.3 is 43.8 Å². The number of amides is 1. The molecule has 18 atom stereocenters. The molecule has 63 heavy (non-hydrogen) atoms. The molecule has 0 unspecified atom stereocenters. The summed E-state index contributed by atoms with van der Waals surface area (Å²) >= 11 is 0. The van der Waals surface area contributed by atoms with Crippen LogP contribution in [0.4, 0.5) is 0 Å². The molecule has 6 rings (SSSR count). The monoisotopic (exact) mass is 884 g/mol. The predicted octanol–water partition coefficient (Wildman–Crippen LogP) is 6.92. The van der Waals surface area contributed by atoms with Crippen LogP contribution in [-0.4, -0.2) is 98.5 Å². The Morgan fingerprint density at radius 1 is 0.889 bits per heavy atom. The van der Waals surface area contributed by atoms with Crippen LogP contribution in [0.2, 0.25) is 0 Å². The van der Waals surface area contributed by atoms with E-state index in [9.17, 15) is 29.7 Å². The van der Waals surface area contributed by atoms with Gasteiger partial charge in [0.25, 0.3) is 5.91 Å². The summed E-state index contributed by atoms with van der Waals surface area (Å²) in [5, 5.41) is 34.6. The fourth-order valence-electron chi connectivity index (χ4n) is 11.5. The molecule has 0 radical (unpaired) electrons. The Morgan fingerprint density at radius 3 is 2.24 bits per heavy atom. The van der Waals surface area contributed by atoms with E-state index in [4.69, 9.17) is 28.5 Å². The topological polar surface area (TPSA) is 179 Å². The van der Waals surface area contributed by atoms with Crippen LogP contribution in [0.5, 0.6) is 0 Å². The summed E-state index contributed by atoms with van der Waals surface area (Å²) in [6.07, 6.45) is 5.13. The Hall–Kier alpha value is -2.75. The first kappa shape index (κ1) is 49.7. The summed E-state index contributed by atoms with van der Waals surface area (Å²) < 4.78 is 33.9. The summed E-state index contributed by atoms with van der Waals surface area (Å²) in [5.41, 5.74) is 1.44. The zero-order valence-corrected chi connectivity index (χ0v) is 39.4. The Morgan fingerprint density at radius 2 is 1.59 bits per heavy atom. The average Bonchev–Trinajstić information content (AvgIpc) is 3.61. The molecule has 2 spiro atoms. The molecule has 13 nitrogen and oxygen atoms in total. The first-order chi connectivity index (χ1) is 29.8. The quantitative estimate of drug-likeness (QED) is 0.112. The number of hydrogen-bond donors (Lipinski definition) is 4. The third kappa shape index (κ3) is 10.2. The van der Waals surface area contributed by atoms with Crippen LogP contribution in [0, 0.1) is 41.4 Å². The number of rotatable bonds is 14. The Bertz CT molecular complexity index is 1760. The number of aliphatic hydroxyl groups is 3. The van der Waals surface area contributed by atoms with Crippen LogP contribution in [0.15, 0.2) is 42.5 Å². The van der Waals surface area contributed by atoms with Gasteiger partial charge in [-0.05, 0) is 101 Å². The lowest BCUT2D eigenvalue weighted by molar-refractivity contribution is -0.409. The van der Waals surface area contributed by atoms with E-state index in [0.29, 0.717) is 57.8 Å². The van der Waals surface area contributed by atoms with E-state index in [0.717, 1.165) is 12.0 Å². The first-order valence-electron chi connectivity index (χ1n) is 24.0. The standard InChI is InChI=1S/C50H77NO12/c1-11-36(46(56)61-51-41(53)28-35-17-15-14-16-18-35)38-20-19-29(4)44(59-38)33(8)42(54)32(7)43(55)37(12-2)45-30(5)27-31(6)49(60-45)24-21-39(52)50(63-49)26-25-47(10,62-50)40-22-23-48(57,13-3)34(9)58-40/h14-18,21,24,29-34,36-40,42,44-45,52,54,57H,11-13,19-20,22-23,25-28H2,1-10H3,(H,51,53)/t29-,30-,31+,32-,33-,34-,36+,37-,38+,39+,40+,42+,44+,45-,47-,48+,49-,50-/m0/s1. The van der Waals surface area contributed by atoms with Gasteiger partial charge in [0, 0.05) is 30.1 Å².